The van der Waals surface area contributed by atoms with Gasteiger partial charge in [0.15, 0.2) is 11.6 Å². The van der Waals surface area contributed by atoms with Crippen molar-refractivity contribution in [3.8, 4) is 11.3 Å². The predicted octanol–water partition coefficient (Wildman–Crippen LogP) is 2.10. The van der Waals surface area contributed by atoms with Gasteiger partial charge in [0.25, 0.3) is 0 Å². The molecule has 10 heteroatoms. The molecule has 0 spiro atoms. The minimum absolute atomic E-state index is 0.145. The van der Waals surface area contributed by atoms with Gasteiger partial charge in [-0.05, 0) is 37.7 Å². The van der Waals surface area contributed by atoms with Gasteiger partial charge >= 0.3 is 0 Å². The van der Waals surface area contributed by atoms with Gasteiger partial charge in [-0.25, -0.2) is 18.2 Å². The molecular formula is C24H25F3N6O. The highest BCUT2D eigenvalue weighted by atomic mass is 19.1. The molecule has 1 fully saturated rings. The van der Waals surface area contributed by atoms with E-state index in [1.807, 2.05) is 4.90 Å². The molecule has 1 aromatic carbocycles. The Balaban J connectivity index is 1.67. The van der Waals surface area contributed by atoms with E-state index in [4.69, 9.17) is 4.74 Å². The maximum Gasteiger partial charge on any atom is 0.175 e. The van der Waals surface area contributed by atoms with E-state index in [0.717, 1.165) is 0 Å². The average molecular weight is 470 g/mol. The van der Waals surface area contributed by atoms with Crippen LogP contribution in [0.25, 0.3) is 24.0 Å². The van der Waals surface area contributed by atoms with Crippen LogP contribution in [-0.4, -0.2) is 54.2 Å². The summed E-state index contributed by atoms with van der Waals surface area (Å²) in [7, 11) is 1.70. The minimum Gasteiger partial charge on any atom is -0.378 e. The first-order chi connectivity index (χ1) is 16.4. The standard InChI is InChI=1S/C24H25F3N6O/c1-14-20(13-30-15(2)21-18(25)10-16(12-28-3)11-19(21)26)31-32-23(14)17-4-5-29-24(22(17)27)33-6-8-34-9-7-33/h4-5,10-11,13,28,31H,1,6-9,12H2,2-3H3/b20-13+,30-15+. The fourth-order valence-electron chi connectivity index (χ4n) is 3.82. The molecule has 0 aliphatic carbocycles. The van der Waals surface area contributed by atoms with Crippen LogP contribution in [0.2, 0.25) is 0 Å². The Hall–Kier alpha value is -3.50. The molecule has 0 saturated carbocycles. The van der Waals surface area contributed by atoms with Crippen molar-refractivity contribution in [2.24, 2.45) is 4.99 Å². The smallest absolute Gasteiger partial charge is 0.175 e. The molecule has 1 saturated heterocycles. The first kappa shape index (κ1) is 23.7. The monoisotopic (exact) mass is 470 g/mol. The van der Waals surface area contributed by atoms with Crippen LogP contribution in [0.5, 0.6) is 0 Å². The second kappa shape index (κ2) is 10.2. The van der Waals surface area contributed by atoms with Crippen LogP contribution in [0.4, 0.5) is 19.0 Å². The van der Waals surface area contributed by atoms with Crippen molar-refractivity contribution < 1.29 is 17.9 Å². The Labute approximate surface area is 194 Å². The van der Waals surface area contributed by atoms with Crippen molar-refractivity contribution in [3.05, 3.63) is 63.5 Å². The number of nitrogens with one attached hydrogen (secondary N) is 2. The lowest BCUT2D eigenvalue weighted by atomic mass is 10.1. The molecule has 178 valence electrons. The zero-order valence-corrected chi connectivity index (χ0v) is 19.0. The Morgan fingerprint density at radius 3 is 2.65 bits per heavy atom. The van der Waals surface area contributed by atoms with Crippen molar-refractivity contribution in [3.63, 3.8) is 0 Å². The summed E-state index contributed by atoms with van der Waals surface area (Å²) in [6, 6.07) is 4.07. The first-order valence-corrected chi connectivity index (χ1v) is 10.8. The molecule has 2 aromatic heterocycles. The SMILES string of the molecule is C=c1c(-c2ccnc(N3CCOCC3)c2F)n[nH]/c1=C/N=C(\C)c1c(F)cc(CNC)cc1F. The molecule has 1 aliphatic heterocycles. The molecule has 7 nitrogen and oxygen atoms in total. The Morgan fingerprint density at radius 1 is 1.26 bits per heavy atom. The van der Waals surface area contributed by atoms with E-state index in [1.54, 1.807) is 7.05 Å². The van der Waals surface area contributed by atoms with Crippen LogP contribution < -0.4 is 20.8 Å². The van der Waals surface area contributed by atoms with Gasteiger partial charge in [0.1, 0.15) is 17.3 Å². The highest BCUT2D eigenvalue weighted by Crippen LogP contribution is 2.25. The number of benzene rings is 1. The third-order valence-corrected chi connectivity index (χ3v) is 5.57. The van der Waals surface area contributed by atoms with E-state index in [-0.39, 0.29) is 22.7 Å². The van der Waals surface area contributed by atoms with E-state index < -0.39 is 17.5 Å². The quantitative estimate of drug-likeness (QED) is 0.540. The topological polar surface area (TPSA) is 78.4 Å². The second-order valence-corrected chi connectivity index (χ2v) is 7.87. The molecule has 4 rings (SSSR count). The van der Waals surface area contributed by atoms with Crippen LogP contribution in [-0.2, 0) is 11.3 Å². The van der Waals surface area contributed by atoms with Gasteiger partial charge in [-0.15, -0.1) is 0 Å². The third kappa shape index (κ3) is 4.73. The molecule has 3 aromatic rings. The van der Waals surface area contributed by atoms with Crippen molar-refractivity contribution >= 4 is 24.3 Å². The van der Waals surface area contributed by atoms with Gasteiger partial charge in [-0.1, -0.05) is 6.58 Å². The number of nitrogens with zero attached hydrogens (tertiary/aromatic N) is 4. The van der Waals surface area contributed by atoms with Crippen LogP contribution >= 0.6 is 0 Å². The normalized spacial score (nSPS) is 15.3. The fraction of sp³-hybridized carbons (Fsp3) is 0.292. The van der Waals surface area contributed by atoms with Gasteiger partial charge < -0.3 is 15.0 Å². The Kier molecular flexibility index (Phi) is 7.09. The average Bonchev–Trinajstić information content (AvgIpc) is 3.18. The maximum absolute atomic E-state index is 15.3. The number of H-pyrrole nitrogens is 1. The van der Waals surface area contributed by atoms with Gasteiger partial charge in [0.05, 0.1) is 36.0 Å². The number of halogens is 3. The molecule has 2 N–H and O–H groups in total. The highest BCUT2D eigenvalue weighted by Gasteiger charge is 2.21. The van der Waals surface area contributed by atoms with Crippen LogP contribution in [0.1, 0.15) is 18.1 Å². The van der Waals surface area contributed by atoms with Crippen LogP contribution in [0.15, 0.2) is 29.4 Å². The van der Waals surface area contributed by atoms with Gasteiger partial charge in [-0.2, -0.15) is 5.10 Å². The van der Waals surface area contributed by atoms with E-state index in [2.05, 4.69) is 32.1 Å². The molecule has 0 unspecified atom stereocenters. The molecule has 34 heavy (non-hydrogen) atoms. The second-order valence-electron chi connectivity index (χ2n) is 7.87. The van der Waals surface area contributed by atoms with Crippen LogP contribution in [0.3, 0.4) is 0 Å². The highest BCUT2D eigenvalue weighted by molar-refractivity contribution is 6.00. The summed E-state index contributed by atoms with van der Waals surface area (Å²) in [5.74, 6) is -1.67. The summed E-state index contributed by atoms with van der Waals surface area (Å²) < 4.78 is 49.6. The van der Waals surface area contributed by atoms with Crippen molar-refractivity contribution in [1.29, 1.82) is 0 Å². The molecule has 0 amide bonds. The van der Waals surface area contributed by atoms with E-state index in [1.165, 1.54) is 37.5 Å². The summed E-state index contributed by atoms with van der Waals surface area (Å²) >= 11 is 0. The van der Waals surface area contributed by atoms with E-state index in [0.29, 0.717) is 54.7 Å². The number of anilines is 1. The lowest BCUT2D eigenvalue weighted by Crippen LogP contribution is -2.37. The summed E-state index contributed by atoms with van der Waals surface area (Å²) in [4.78, 5) is 10.2. The van der Waals surface area contributed by atoms with Crippen molar-refractivity contribution in [1.82, 2.24) is 20.5 Å². The van der Waals surface area contributed by atoms with Crippen molar-refractivity contribution in [2.75, 3.05) is 38.3 Å². The third-order valence-electron chi connectivity index (χ3n) is 5.57. The van der Waals surface area contributed by atoms with E-state index in [9.17, 15) is 8.78 Å². The van der Waals surface area contributed by atoms with Gasteiger partial charge in [0.2, 0.25) is 0 Å². The van der Waals surface area contributed by atoms with Crippen molar-refractivity contribution in [2.45, 2.75) is 13.5 Å². The largest absolute Gasteiger partial charge is 0.378 e. The summed E-state index contributed by atoms with van der Waals surface area (Å²) in [5.41, 5.74) is 0.979. The zero-order chi connectivity index (χ0) is 24.2. The Bertz CT molecular complexity index is 1310. The number of hydrogen-bond acceptors (Lipinski definition) is 6. The lowest BCUT2D eigenvalue weighted by molar-refractivity contribution is 0.122. The number of aromatic nitrogens is 3. The molecule has 0 atom stereocenters. The number of rotatable bonds is 6. The lowest BCUT2D eigenvalue weighted by Gasteiger charge is -2.28. The zero-order valence-electron chi connectivity index (χ0n) is 19.0. The molecule has 0 radical (unpaired) electrons. The number of aliphatic imine (C=N–C) groups is 1. The fourth-order valence-corrected chi connectivity index (χ4v) is 3.82. The van der Waals surface area contributed by atoms with Crippen LogP contribution in [0, 0.1) is 17.5 Å². The number of morpholine rings is 1. The first-order valence-electron chi connectivity index (χ1n) is 10.8. The summed E-state index contributed by atoms with van der Waals surface area (Å²) in [6.07, 6.45) is 2.89. The van der Waals surface area contributed by atoms with Gasteiger partial charge in [0, 0.05) is 36.6 Å². The molecule has 1 aliphatic rings. The number of hydrogen-bond donors (Lipinski definition) is 2. The number of pyridine rings is 1. The molecule has 0 bridgehead atoms. The number of aromatic amines is 1. The minimum atomic E-state index is -0.699. The van der Waals surface area contributed by atoms with E-state index >= 15 is 4.39 Å². The Morgan fingerprint density at radius 2 is 1.97 bits per heavy atom. The molecule has 3 heterocycles. The maximum atomic E-state index is 15.3. The summed E-state index contributed by atoms with van der Waals surface area (Å²) in [5, 5.41) is 10.6. The predicted molar refractivity (Wildman–Crippen MR) is 125 cm³/mol. The number of ether oxygens (including phenoxy) is 1. The van der Waals surface area contributed by atoms with Gasteiger partial charge in [-0.3, -0.25) is 10.1 Å². The summed E-state index contributed by atoms with van der Waals surface area (Å²) in [6.45, 7) is 7.93. The molecular weight excluding hydrogens is 445 g/mol.